The van der Waals surface area contributed by atoms with Gasteiger partial charge in [0.1, 0.15) is 5.75 Å². The van der Waals surface area contributed by atoms with Crippen LogP contribution in [-0.2, 0) is 0 Å². The van der Waals surface area contributed by atoms with E-state index in [9.17, 15) is 9.90 Å². The molecular weight excluding hydrogens is 372 g/mol. The van der Waals surface area contributed by atoms with Gasteiger partial charge in [0, 0.05) is 11.6 Å². The zero-order valence-corrected chi connectivity index (χ0v) is 16.7. The Morgan fingerprint density at radius 1 is 0.862 bits per heavy atom. The van der Waals surface area contributed by atoms with Crippen molar-refractivity contribution in [2.45, 2.75) is 0 Å². The van der Waals surface area contributed by atoms with E-state index in [0.717, 1.165) is 10.8 Å². The van der Waals surface area contributed by atoms with Crippen molar-refractivity contribution in [3.05, 3.63) is 59.7 Å². The molecule has 0 unspecified atom stereocenters. The Morgan fingerprint density at radius 3 is 2.17 bits per heavy atom. The quantitative estimate of drug-likeness (QED) is 0.471. The predicted molar refractivity (Wildman–Crippen MR) is 112 cm³/mol. The minimum Gasteiger partial charge on any atom is -0.507 e. The number of phenolic OH excluding ortho intramolecular Hbond substituents is 1. The molecule has 0 saturated heterocycles. The second-order valence-electron chi connectivity index (χ2n) is 6.17. The van der Waals surface area contributed by atoms with Gasteiger partial charge in [-0.15, -0.1) is 0 Å². The van der Waals surface area contributed by atoms with Crippen molar-refractivity contribution >= 4 is 22.6 Å². The number of hydrogen-bond acceptors (Lipinski definition) is 6. The predicted octanol–water partition coefficient (Wildman–Crippen LogP) is 4.48. The summed E-state index contributed by atoms with van der Waals surface area (Å²) in [5.74, 6) is 1.19. The van der Waals surface area contributed by atoms with Gasteiger partial charge in [0.25, 0.3) is 0 Å². The zero-order valence-electron chi connectivity index (χ0n) is 16.7. The maximum Gasteiger partial charge on any atom is 0.189 e. The SMILES string of the molecule is COc1cc(O)c(C(=O)/C=C/c2c(OC)c(OC)cc3ccccc23)cc1OC. The fraction of sp³-hybridized carbons (Fsp3) is 0.174. The molecule has 150 valence electrons. The highest BCUT2D eigenvalue weighted by molar-refractivity contribution is 6.10. The first-order valence-electron chi connectivity index (χ1n) is 8.85. The average Bonchev–Trinajstić information content (AvgIpc) is 2.75. The standard InChI is InChI=1S/C23H22O6/c1-26-20-12-17(19(25)13-21(20)27-2)18(24)10-9-16-15-8-6-5-7-14(15)11-22(28-3)23(16)29-4/h5-13,25H,1-4H3/b10-9+. The van der Waals surface area contributed by atoms with E-state index in [1.807, 2.05) is 30.3 Å². The number of ether oxygens (including phenoxy) is 4. The van der Waals surface area contributed by atoms with E-state index in [-0.39, 0.29) is 11.3 Å². The maximum absolute atomic E-state index is 12.8. The van der Waals surface area contributed by atoms with Crippen LogP contribution in [0.1, 0.15) is 15.9 Å². The molecule has 0 aliphatic rings. The Hall–Kier alpha value is -3.67. The van der Waals surface area contributed by atoms with Crippen molar-refractivity contribution in [3.8, 4) is 28.7 Å². The number of methoxy groups -OCH3 is 4. The number of rotatable bonds is 7. The number of phenols is 1. The van der Waals surface area contributed by atoms with Gasteiger partial charge in [-0.1, -0.05) is 24.3 Å². The van der Waals surface area contributed by atoms with Crippen LogP contribution in [0.4, 0.5) is 0 Å². The maximum atomic E-state index is 12.8. The molecule has 0 radical (unpaired) electrons. The number of allylic oxidation sites excluding steroid dienone is 1. The summed E-state index contributed by atoms with van der Waals surface area (Å²) in [7, 11) is 6.03. The number of fused-ring (bicyclic) bond motifs is 1. The molecule has 0 fully saturated rings. The van der Waals surface area contributed by atoms with Gasteiger partial charge in [-0.25, -0.2) is 0 Å². The Morgan fingerprint density at radius 2 is 1.52 bits per heavy atom. The number of aromatic hydroxyl groups is 1. The van der Waals surface area contributed by atoms with E-state index < -0.39 is 5.78 Å². The molecule has 3 rings (SSSR count). The first-order valence-corrected chi connectivity index (χ1v) is 8.85. The lowest BCUT2D eigenvalue weighted by atomic mass is 10.0. The molecule has 0 atom stereocenters. The van der Waals surface area contributed by atoms with Crippen LogP contribution >= 0.6 is 0 Å². The third-order valence-corrected chi connectivity index (χ3v) is 4.60. The van der Waals surface area contributed by atoms with Gasteiger partial charge >= 0.3 is 0 Å². The van der Waals surface area contributed by atoms with Crippen LogP contribution in [0, 0.1) is 0 Å². The summed E-state index contributed by atoms with van der Waals surface area (Å²) < 4.78 is 21.3. The minimum atomic E-state index is -0.391. The molecule has 0 aromatic heterocycles. The second kappa shape index (κ2) is 8.56. The first-order chi connectivity index (χ1) is 14.0. The van der Waals surface area contributed by atoms with Crippen molar-refractivity contribution in [2.75, 3.05) is 28.4 Å². The van der Waals surface area contributed by atoms with Gasteiger partial charge in [-0.3, -0.25) is 4.79 Å². The van der Waals surface area contributed by atoms with E-state index in [1.165, 1.54) is 32.4 Å². The summed E-state index contributed by atoms with van der Waals surface area (Å²) in [6.07, 6.45) is 3.03. The van der Waals surface area contributed by atoms with Crippen molar-refractivity contribution in [1.82, 2.24) is 0 Å². The molecule has 3 aromatic rings. The molecule has 0 spiro atoms. The van der Waals surface area contributed by atoms with Crippen molar-refractivity contribution < 1.29 is 28.8 Å². The van der Waals surface area contributed by atoms with Gasteiger partial charge in [0.2, 0.25) is 0 Å². The van der Waals surface area contributed by atoms with Crippen molar-refractivity contribution in [3.63, 3.8) is 0 Å². The number of ketones is 1. The number of benzene rings is 3. The minimum absolute atomic E-state index is 0.102. The van der Waals surface area contributed by atoms with Crippen molar-refractivity contribution in [1.29, 1.82) is 0 Å². The molecule has 0 saturated carbocycles. The average molecular weight is 394 g/mol. The highest BCUT2D eigenvalue weighted by Crippen LogP contribution is 2.39. The Labute approximate surface area is 168 Å². The van der Waals surface area contributed by atoms with Gasteiger partial charge in [-0.05, 0) is 35.1 Å². The third kappa shape index (κ3) is 3.82. The molecule has 0 aliphatic carbocycles. The summed E-state index contributed by atoms with van der Waals surface area (Å²) in [6.45, 7) is 0. The molecular formula is C23H22O6. The van der Waals surface area contributed by atoms with Crippen LogP contribution in [0.2, 0.25) is 0 Å². The molecule has 0 amide bonds. The van der Waals surface area contributed by atoms with Gasteiger partial charge in [0.15, 0.2) is 28.8 Å². The fourth-order valence-corrected chi connectivity index (χ4v) is 3.17. The first kappa shape index (κ1) is 20.1. The molecule has 6 nitrogen and oxygen atoms in total. The second-order valence-corrected chi connectivity index (χ2v) is 6.17. The Kier molecular flexibility index (Phi) is 5.93. The largest absolute Gasteiger partial charge is 0.507 e. The van der Waals surface area contributed by atoms with Gasteiger partial charge in [0.05, 0.1) is 34.0 Å². The summed E-state index contributed by atoms with van der Waals surface area (Å²) in [4.78, 5) is 12.8. The summed E-state index contributed by atoms with van der Waals surface area (Å²) >= 11 is 0. The van der Waals surface area contributed by atoms with Crippen LogP contribution in [0.15, 0.2) is 48.5 Å². The Balaban J connectivity index is 2.08. The number of carbonyl (C=O) groups is 1. The highest BCUT2D eigenvalue weighted by Gasteiger charge is 2.16. The Bertz CT molecular complexity index is 1080. The number of carbonyl (C=O) groups excluding carboxylic acids is 1. The lowest BCUT2D eigenvalue weighted by Gasteiger charge is -2.14. The lowest BCUT2D eigenvalue weighted by molar-refractivity contribution is 0.104. The molecule has 3 aromatic carbocycles. The van der Waals surface area contributed by atoms with E-state index in [4.69, 9.17) is 18.9 Å². The molecule has 29 heavy (non-hydrogen) atoms. The molecule has 0 heterocycles. The van der Waals surface area contributed by atoms with Crippen LogP contribution in [0.3, 0.4) is 0 Å². The van der Waals surface area contributed by atoms with E-state index in [0.29, 0.717) is 28.6 Å². The lowest BCUT2D eigenvalue weighted by Crippen LogP contribution is -1.99. The van der Waals surface area contributed by atoms with E-state index >= 15 is 0 Å². The normalized spacial score (nSPS) is 10.9. The van der Waals surface area contributed by atoms with E-state index in [2.05, 4.69) is 0 Å². The van der Waals surface area contributed by atoms with Gasteiger partial charge < -0.3 is 24.1 Å². The topological polar surface area (TPSA) is 74.2 Å². The van der Waals surface area contributed by atoms with Crippen LogP contribution in [-0.4, -0.2) is 39.3 Å². The zero-order chi connectivity index (χ0) is 21.0. The smallest absolute Gasteiger partial charge is 0.189 e. The summed E-state index contributed by atoms with van der Waals surface area (Å²) in [5, 5.41) is 12.1. The molecule has 1 N–H and O–H groups in total. The monoisotopic (exact) mass is 394 g/mol. The molecule has 0 bridgehead atoms. The van der Waals surface area contributed by atoms with Crippen LogP contribution in [0.5, 0.6) is 28.7 Å². The van der Waals surface area contributed by atoms with Gasteiger partial charge in [-0.2, -0.15) is 0 Å². The molecule has 0 aliphatic heterocycles. The van der Waals surface area contributed by atoms with Crippen LogP contribution in [0.25, 0.3) is 16.8 Å². The third-order valence-electron chi connectivity index (χ3n) is 4.60. The summed E-state index contributed by atoms with van der Waals surface area (Å²) in [5.41, 5.74) is 0.806. The van der Waals surface area contributed by atoms with E-state index in [1.54, 1.807) is 20.3 Å². The summed E-state index contributed by atoms with van der Waals surface area (Å²) in [6, 6.07) is 12.4. The van der Waals surface area contributed by atoms with Crippen molar-refractivity contribution in [2.24, 2.45) is 0 Å². The molecule has 6 heteroatoms. The van der Waals surface area contributed by atoms with Crippen LogP contribution < -0.4 is 18.9 Å². The fourth-order valence-electron chi connectivity index (χ4n) is 3.17. The number of hydrogen-bond donors (Lipinski definition) is 1. The highest BCUT2D eigenvalue weighted by atomic mass is 16.5.